The molecule has 7 nitrogen and oxygen atoms in total. The number of rotatable bonds is 6. The van der Waals surface area contributed by atoms with Crippen LogP contribution in [0, 0.1) is 0 Å². The summed E-state index contributed by atoms with van der Waals surface area (Å²) in [7, 11) is 1.62. The van der Waals surface area contributed by atoms with Crippen molar-refractivity contribution < 1.29 is 14.3 Å². The molecule has 0 saturated carbocycles. The van der Waals surface area contributed by atoms with E-state index in [2.05, 4.69) is 20.8 Å². The second-order valence-electron chi connectivity index (χ2n) is 6.59. The lowest BCUT2D eigenvalue weighted by atomic mass is 10.0. The number of carbonyl (C=O) groups excluding carboxylic acids is 2. The highest BCUT2D eigenvalue weighted by molar-refractivity contribution is 5.99. The largest absolute Gasteiger partial charge is 0.497 e. The normalized spacial score (nSPS) is 15.0. The van der Waals surface area contributed by atoms with Gasteiger partial charge in [0.1, 0.15) is 5.75 Å². The smallest absolute Gasteiger partial charge is 0.252 e. The standard InChI is InChI=1S/C21H20N4O3/c1-28-15-8-6-13(7-9-15)20-14(12-23-25-20)11-22-19(26)10-18-16-4-2-3-5-17(16)21(27)24-18/h2-9,12,18H,10-11H2,1H3,(H,22,26)(H,23,25)(H,24,27). The molecule has 3 N–H and O–H groups in total. The Bertz CT molecular complexity index is 1010. The van der Waals surface area contributed by atoms with E-state index in [0.29, 0.717) is 12.1 Å². The molecule has 1 unspecified atom stereocenters. The Balaban J connectivity index is 1.40. The first-order valence-electron chi connectivity index (χ1n) is 8.99. The van der Waals surface area contributed by atoms with E-state index in [4.69, 9.17) is 4.74 Å². The van der Waals surface area contributed by atoms with Gasteiger partial charge in [-0.2, -0.15) is 5.10 Å². The lowest BCUT2D eigenvalue weighted by Gasteiger charge is -2.12. The zero-order valence-corrected chi connectivity index (χ0v) is 15.4. The molecule has 0 fully saturated rings. The van der Waals surface area contributed by atoms with E-state index in [9.17, 15) is 9.59 Å². The highest BCUT2D eigenvalue weighted by Crippen LogP contribution is 2.27. The van der Waals surface area contributed by atoms with Crippen molar-refractivity contribution in [3.05, 3.63) is 71.4 Å². The van der Waals surface area contributed by atoms with Crippen LogP contribution in [0.4, 0.5) is 0 Å². The van der Waals surface area contributed by atoms with Gasteiger partial charge < -0.3 is 15.4 Å². The molecule has 2 aromatic carbocycles. The summed E-state index contributed by atoms with van der Waals surface area (Å²) in [5.41, 5.74) is 4.19. The average molecular weight is 376 g/mol. The summed E-state index contributed by atoms with van der Waals surface area (Å²) in [6.45, 7) is 0.346. The van der Waals surface area contributed by atoms with Gasteiger partial charge >= 0.3 is 0 Å². The molecule has 0 spiro atoms. The lowest BCUT2D eigenvalue weighted by Crippen LogP contribution is -2.28. The summed E-state index contributed by atoms with van der Waals surface area (Å²) in [6.07, 6.45) is 1.89. The second kappa shape index (κ2) is 7.56. The predicted molar refractivity (Wildman–Crippen MR) is 104 cm³/mol. The maximum absolute atomic E-state index is 12.4. The third-order valence-electron chi connectivity index (χ3n) is 4.85. The van der Waals surface area contributed by atoms with E-state index >= 15 is 0 Å². The second-order valence-corrected chi connectivity index (χ2v) is 6.59. The van der Waals surface area contributed by atoms with Crippen LogP contribution in [-0.4, -0.2) is 29.1 Å². The maximum Gasteiger partial charge on any atom is 0.252 e. The topological polar surface area (TPSA) is 96.1 Å². The molecule has 28 heavy (non-hydrogen) atoms. The molecular formula is C21H20N4O3. The fourth-order valence-corrected chi connectivity index (χ4v) is 3.39. The van der Waals surface area contributed by atoms with Gasteiger partial charge in [-0.05, 0) is 35.9 Å². The van der Waals surface area contributed by atoms with Crippen LogP contribution in [0.25, 0.3) is 11.3 Å². The fourth-order valence-electron chi connectivity index (χ4n) is 3.39. The molecule has 0 bridgehead atoms. The summed E-state index contributed by atoms with van der Waals surface area (Å²) in [4.78, 5) is 24.4. The number of nitrogens with one attached hydrogen (secondary N) is 3. The molecule has 1 aliphatic rings. The number of aromatic amines is 1. The van der Waals surface area contributed by atoms with Crippen molar-refractivity contribution in [2.45, 2.75) is 19.0 Å². The van der Waals surface area contributed by atoms with Gasteiger partial charge in [-0.15, -0.1) is 0 Å². The SMILES string of the molecule is COc1ccc(-c2[nH]ncc2CNC(=O)CC2NC(=O)c3ccccc32)cc1. The number of amides is 2. The minimum Gasteiger partial charge on any atom is -0.497 e. The molecule has 1 aromatic heterocycles. The van der Waals surface area contributed by atoms with Crippen LogP contribution in [0.3, 0.4) is 0 Å². The Kier molecular flexibility index (Phi) is 4.80. The number of nitrogens with zero attached hydrogens (tertiary/aromatic N) is 1. The summed E-state index contributed by atoms with van der Waals surface area (Å²) < 4.78 is 5.18. The molecule has 0 radical (unpaired) electrons. The van der Waals surface area contributed by atoms with E-state index in [1.54, 1.807) is 19.4 Å². The van der Waals surface area contributed by atoms with Crippen LogP contribution in [0.5, 0.6) is 5.75 Å². The number of carbonyl (C=O) groups is 2. The number of aromatic nitrogens is 2. The quantitative estimate of drug-likeness (QED) is 0.616. The molecular weight excluding hydrogens is 356 g/mol. The Labute approximate surface area is 162 Å². The zero-order chi connectivity index (χ0) is 19.5. The van der Waals surface area contributed by atoms with Crippen LogP contribution in [0.1, 0.15) is 33.9 Å². The molecule has 1 atom stereocenters. The van der Waals surface area contributed by atoms with E-state index < -0.39 is 0 Å². The summed E-state index contributed by atoms with van der Waals surface area (Å²) in [6, 6.07) is 14.7. The van der Waals surface area contributed by atoms with E-state index in [1.165, 1.54) is 0 Å². The fraction of sp³-hybridized carbons (Fsp3) is 0.190. The first-order chi connectivity index (χ1) is 13.7. The Hall–Kier alpha value is -3.61. The first kappa shape index (κ1) is 17.8. The molecule has 1 aliphatic heterocycles. The molecule has 142 valence electrons. The van der Waals surface area contributed by atoms with Gasteiger partial charge in [-0.25, -0.2) is 0 Å². The Morgan fingerprint density at radius 1 is 1.18 bits per heavy atom. The van der Waals surface area contributed by atoms with Crippen molar-refractivity contribution >= 4 is 11.8 Å². The van der Waals surface area contributed by atoms with Gasteiger partial charge in [-0.3, -0.25) is 14.7 Å². The molecule has 4 rings (SSSR count). The lowest BCUT2D eigenvalue weighted by molar-refractivity contribution is -0.121. The first-order valence-corrected chi connectivity index (χ1v) is 8.99. The number of methoxy groups -OCH3 is 1. The van der Waals surface area contributed by atoms with Gasteiger partial charge in [0.25, 0.3) is 5.91 Å². The third-order valence-corrected chi connectivity index (χ3v) is 4.85. The summed E-state index contributed by atoms with van der Waals surface area (Å²) in [5, 5.41) is 12.9. The molecule has 2 amide bonds. The highest BCUT2D eigenvalue weighted by atomic mass is 16.5. The van der Waals surface area contributed by atoms with E-state index in [1.807, 2.05) is 42.5 Å². The van der Waals surface area contributed by atoms with Gasteiger partial charge in [0, 0.05) is 23.2 Å². The summed E-state index contributed by atoms with van der Waals surface area (Å²) in [5.74, 6) is 0.505. The van der Waals surface area contributed by atoms with E-state index in [-0.39, 0.29) is 24.3 Å². The van der Waals surface area contributed by atoms with Crippen molar-refractivity contribution in [3.8, 4) is 17.0 Å². The predicted octanol–water partition coefficient (Wildman–Crippen LogP) is 2.58. The van der Waals surface area contributed by atoms with Crippen molar-refractivity contribution in [2.75, 3.05) is 7.11 Å². The number of hydrogen-bond donors (Lipinski definition) is 3. The van der Waals surface area contributed by atoms with Crippen LogP contribution in [-0.2, 0) is 11.3 Å². The zero-order valence-electron chi connectivity index (χ0n) is 15.4. The van der Waals surface area contributed by atoms with Crippen LogP contribution in [0.2, 0.25) is 0 Å². The summed E-state index contributed by atoms with van der Waals surface area (Å²) >= 11 is 0. The number of ether oxygens (including phenoxy) is 1. The van der Waals surface area contributed by atoms with Crippen LogP contribution >= 0.6 is 0 Å². The molecule has 0 aliphatic carbocycles. The van der Waals surface area contributed by atoms with Crippen molar-refractivity contribution in [2.24, 2.45) is 0 Å². The average Bonchev–Trinajstić information content (AvgIpc) is 3.32. The van der Waals surface area contributed by atoms with Crippen LogP contribution < -0.4 is 15.4 Å². The molecule has 7 heteroatoms. The van der Waals surface area contributed by atoms with Crippen molar-refractivity contribution in [1.29, 1.82) is 0 Å². The maximum atomic E-state index is 12.4. The van der Waals surface area contributed by atoms with Gasteiger partial charge in [-0.1, -0.05) is 18.2 Å². The number of benzene rings is 2. The number of hydrogen-bond acceptors (Lipinski definition) is 4. The number of fused-ring (bicyclic) bond motifs is 1. The van der Waals surface area contributed by atoms with Crippen molar-refractivity contribution in [1.82, 2.24) is 20.8 Å². The molecule has 0 saturated heterocycles. The Morgan fingerprint density at radius 3 is 2.75 bits per heavy atom. The minimum absolute atomic E-state index is 0.134. The van der Waals surface area contributed by atoms with Crippen LogP contribution in [0.15, 0.2) is 54.7 Å². The third kappa shape index (κ3) is 3.46. The monoisotopic (exact) mass is 376 g/mol. The van der Waals surface area contributed by atoms with Gasteiger partial charge in [0.05, 0.1) is 31.5 Å². The minimum atomic E-state index is -0.297. The Morgan fingerprint density at radius 2 is 1.96 bits per heavy atom. The number of H-pyrrole nitrogens is 1. The van der Waals surface area contributed by atoms with Gasteiger partial charge in [0.15, 0.2) is 0 Å². The highest BCUT2D eigenvalue weighted by Gasteiger charge is 2.29. The molecule has 2 heterocycles. The molecule has 3 aromatic rings. The van der Waals surface area contributed by atoms with E-state index in [0.717, 1.165) is 28.1 Å². The van der Waals surface area contributed by atoms with Gasteiger partial charge in [0.2, 0.25) is 5.91 Å². The van der Waals surface area contributed by atoms with Crippen molar-refractivity contribution in [3.63, 3.8) is 0 Å².